The molecule has 1 aromatic carbocycles. The minimum Gasteiger partial charge on any atom is -0.320 e. The fraction of sp³-hybridized carbons (Fsp3) is 0. The minimum atomic E-state index is -0.838. The average molecular weight is 630 g/mol. The van der Waals surface area contributed by atoms with E-state index in [9.17, 15) is 9.59 Å². The highest BCUT2D eigenvalue weighted by molar-refractivity contribution is 8.14. The molecular weight excluding hydrogens is 625 g/mol. The number of halogens is 10. The van der Waals surface area contributed by atoms with Gasteiger partial charge < -0.3 is 5.32 Å². The van der Waals surface area contributed by atoms with Crippen LogP contribution in [0.3, 0.4) is 0 Å². The SMILES string of the molecule is O=C(Nc1ccccc1SC(=O)/C(Cl)=C(\Cl)C(Cl)=C(Cl)Cl)/C(Cl)=C(/Cl)C(Cl)=C(Cl)Cl. The summed E-state index contributed by atoms with van der Waals surface area (Å²) in [6, 6.07) is 6.25. The Bertz CT molecular complexity index is 912. The summed E-state index contributed by atoms with van der Waals surface area (Å²) in [5, 5.41) is -0.451. The maximum Gasteiger partial charge on any atom is 0.268 e. The number of para-hydroxylation sites is 1. The third kappa shape index (κ3) is 8.17. The number of allylic oxidation sites excluding steroid dienone is 4. The van der Waals surface area contributed by atoms with Crippen molar-refractivity contribution in [3.8, 4) is 0 Å². The number of benzene rings is 1. The summed E-state index contributed by atoms with van der Waals surface area (Å²) in [5.74, 6) is -0.838. The van der Waals surface area contributed by atoms with Gasteiger partial charge in [0.25, 0.3) is 5.91 Å². The summed E-state index contributed by atoms with van der Waals surface area (Å²) in [6.07, 6.45) is 0. The molecule has 0 aromatic heterocycles. The molecule has 0 radical (unpaired) electrons. The summed E-state index contributed by atoms with van der Waals surface area (Å²) in [4.78, 5) is 25.1. The first-order chi connectivity index (χ1) is 13.9. The zero-order chi connectivity index (χ0) is 23.2. The van der Waals surface area contributed by atoms with Crippen molar-refractivity contribution in [1.82, 2.24) is 0 Å². The Balaban J connectivity index is 3.18. The van der Waals surface area contributed by atoms with E-state index < -0.39 is 21.1 Å². The van der Waals surface area contributed by atoms with Gasteiger partial charge in [0, 0.05) is 4.90 Å². The molecule has 0 aliphatic heterocycles. The molecule has 0 saturated carbocycles. The molecule has 0 heterocycles. The van der Waals surface area contributed by atoms with E-state index >= 15 is 0 Å². The van der Waals surface area contributed by atoms with Crippen molar-refractivity contribution in [2.24, 2.45) is 0 Å². The molecule has 0 unspecified atom stereocenters. The van der Waals surface area contributed by atoms with E-state index in [0.29, 0.717) is 16.7 Å². The number of hydrogen-bond acceptors (Lipinski definition) is 3. The largest absolute Gasteiger partial charge is 0.320 e. The molecule has 14 heteroatoms. The lowest BCUT2D eigenvalue weighted by molar-refractivity contribution is -0.112. The first-order valence-electron chi connectivity index (χ1n) is 7.03. The smallest absolute Gasteiger partial charge is 0.268 e. The predicted octanol–water partition coefficient (Wildman–Crippen LogP) is 9.39. The van der Waals surface area contributed by atoms with Crippen LogP contribution < -0.4 is 5.32 Å². The Morgan fingerprint density at radius 1 is 0.633 bits per heavy atom. The Morgan fingerprint density at radius 3 is 1.60 bits per heavy atom. The van der Waals surface area contributed by atoms with E-state index in [-0.39, 0.29) is 34.8 Å². The Morgan fingerprint density at radius 2 is 1.10 bits per heavy atom. The topological polar surface area (TPSA) is 46.2 Å². The highest BCUT2D eigenvalue weighted by Gasteiger charge is 2.21. The molecule has 1 amide bonds. The zero-order valence-electron chi connectivity index (χ0n) is 13.8. The molecule has 1 N–H and O–H groups in total. The number of thioether (sulfide) groups is 1. The molecular formula is C16H5Cl10NO2S. The van der Waals surface area contributed by atoms with Gasteiger partial charge in [0.05, 0.1) is 25.8 Å². The number of anilines is 1. The van der Waals surface area contributed by atoms with Crippen LogP contribution in [0.25, 0.3) is 0 Å². The van der Waals surface area contributed by atoms with Crippen LogP contribution in [-0.4, -0.2) is 11.0 Å². The standard InChI is InChI=1S/C16H5Cl10NO2S/c17-7(9(19)13(23)24)11(21)15(28)27-5-3-1-2-4-6(5)30-16(29)12(22)8(18)10(20)14(25)26/h1-4H,(H,27,28)/b11-7-,12-8+. The highest BCUT2D eigenvalue weighted by Crippen LogP contribution is 2.37. The summed E-state index contributed by atoms with van der Waals surface area (Å²) in [7, 11) is 0. The van der Waals surface area contributed by atoms with Crippen molar-refractivity contribution < 1.29 is 9.59 Å². The minimum absolute atomic E-state index is 0.207. The van der Waals surface area contributed by atoms with Crippen molar-refractivity contribution in [1.29, 1.82) is 0 Å². The van der Waals surface area contributed by atoms with Gasteiger partial charge in [-0.3, -0.25) is 9.59 Å². The second-order valence-electron chi connectivity index (χ2n) is 4.74. The van der Waals surface area contributed by atoms with Gasteiger partial charge in [0.15, 0.2) is 0 Å². The quantitative estimate of drug-likeness (QED) is 0.194. The van der Waals surface area contributed by atoms with Gasteiger partial charge in [0.2, 0.25) is 5.12 Å². The van der Waals surface area contributed by atoms with Crippen molar-refractivity contribution in [3.05, 3.63) is 63.4 Å². The maximum absolute atomic E-state index is 12.4. The van der Waals surface area contributed by atoms with Crippen LogP contribution in [0.15, 0.2) is 68.3 Å². The summed E-state index contributed by atoms with van der Waals surface area (Å²) < 4.78 is -0.745. The van der Waals surface area contributed by atoms with Gasteiger partial charge >= 0.3 is 0 Å². The third-order valence-corrected chi connectivity index (χ3v) is 7.66. The lowest BCUT2D eigenvalue weighted by Crippen LogP contribution is -2.13. The number of amides is 1. The summed E-state index contributed by atoms with van der Waals surface area (Å²) >= 11 is 57.9. The summed E-state index contributed by atoms with van der Waals surface area (Å²) in [6.45, 7) is 0. The van der Waals surface area contributed by atoms with Gasteiger partial charge in [-0.25, -0.2) is 0 Å². The van der Waals surface area contributed by atoms with E-state index in [1.54, 1.807) is 12.1 Å². The number of carbonyl (C=O) groups is 2. The normalized spacial score (nSPS) is 12.5. The second kappa shape index (κ2) is 13.3. The van der Waals surface area contributed by atoms with E-state index in [1.165, 1.54) is 12.1 Å². The van der Waals surface area contributed by atoms with Crippen LogP contribution in [0.1, 0.15) is 0 Å². The molecule has 1 rings (SSSR count). The lowest BCUT2D eigenvalue weighted by atomic mass is 10.3. The molecule has 0 bridgehead atoms. The van der Waals surface area contributed by atoms with Crippen LogP contribution in [0.2, 0.25) is 0 Å². The monoisotopic (exact) mass is 625 g/mol. The van der Waals surface area contributed by atoms with Crippen LogP contribution in [0.4, 0.5) is 5.69 Å². The predicted molar refractivity (Wildman–Crippen MR) is 133 cm³/mol. The molecule has 162 valence electrons. The van der Waals surface area contributed by atoms with Crippen molar-refractivity contribution in [2.45, 2.75) is 4.90 Å². The van der Waals surface area contributed by atoms with Gasteiger partial charge in [-0.15, -0.1) is 0 Å². The van der Waals surface area contributed by atoms with Gasteiger partial charge in [-0.1, -0.05) is 128 Å². The fourth-order valence-corrected chi connectivity index (χ4v) is 3.92. The van der Waals surface area contributed by atoms with Gasteiger partial charge in [0.1, 0.15) is 19.0 Å². The van der Waals surface area contributed by atoms with E-state index in [4.69, 9.17) is 116 Å². The first kappa shape index (κ1) is 28.6. The third-order valence-electron chi connectivity index (χ3n) is 2.82. The molecule has 0 fully saturated rings. The van der Waals surface area contributed by atoms with Crippen molar-refractivity contribution in [2.75, 3.05) is 5.32 Å². The Hall–Kier alpha value is 0.570. The van der Waals surface area contributed by atoms with Gasteiger partial charge in [-0.2, -0.15) is 0 Å². The van der Waals surface area contributed by atoms with E-state index in [2.05, 4.69) is 5.32 Å². The zero-order valence-corrected chi connectivity index (χ0v) is 22.2. The number of nitrogens with one attached hydrogen (secondary N) is 1. The Kier molecular flexibility index (Phi) is 12.7. The van der Waals surface area contributed by atoms with Crippen molar-refractivity contribution in [3.63, 3.8) is 0 Å². The molecule has 0 spiro atoms. The first-order valence-corrected chi connectivity index (χ1v) is 11.6. The number of hydrogen-bond donors (Lipinski definition) is 1. The Labute approximate surface area is 225 Å². The van der Waals surface area contributed by atoms with E-state index in [0.717, 1.165) is 0 Å². The molecule has 0 saturated heterocycles. The van der Waals surface area contributed by atoms with Crippen LogP contribution in [0.5, 0.6) is 0 Å². The van der Waals surface area contributed by atoms with Crippen molar-refractivity contribution >= 4 is 144 Å². The van der Waals surface area contributed by atoms with Crippen LogP contribution in [-0.2, 0) is 9.59 Å². The molecule has 0 aliphatic carbocycles. The van der Waals surface area contributed by atoms with Crippen LogP contribution in [0, 0.1) is 0 Å². The molecule has 0 aliphatic rings. The van der Waals surface area contributed by atoms with E-state index in [1.807, 2.05) is 0 Å². The molecule has 1 aromatic rings. The van der Waals surface area contributed by atoms with Crippen LogP contribution >= 0.6 is 128 Å². The average Bonchev–Trinajstić information content (AvgIpc) is 2.71. The highest BCUT2D eigenvalue weighted by atomic mass is 35.5. The molecule has 3 nitrogen and oxygen atoms in total. The van der Waals surface area contributed by atoms with Gasteiger partial charge in [-0.05, 0) is 23.9 Å². The molecule has 0 atom stereocenters. The molecule has 30 heavy (non-hydrogen) atoms. The summed E-state index contributed by atoms with van der Waals surface area (Å²) in [5.41, 5.74) is 0.207. The number of carbonyl (C=O) groups excluding carboxylic acids is 2. The fourth-order valence-electron chi connectivity index (χ4n) is 1.53. The lowest BCUT2D eigenvalue weighted by Gasteiger charge is -2.11. The second-order valence-corrected chi connectivity index (χ2v) is 9.93. The number of rotatable bonds is 6. The maximum atomic E-state index is 12.4.